The Morgan fingerprint density at radius 1 is 1.29 bits per heavy atom. The molecule has 0 spiro atoms. The zero-order chi connectivity index (χ0) is 15.3. The van der Waals surface area contributed by atoms with Crippen LogP contribution in [0.1, 0.15) is 15.3 Å². The largest absolute Gasteiger partial charge is 0.384 e. The second-order valence-corrected chi connectivity index (χ2v) is 7.30. The predicted molar refractivity (Wildman–Crippen MR) is 83.5 cm³/mol. The maximum absolute atomic E-state index is 12.2. The highest BCUT2D eigenvalue weighted by molar-refractivity contribution is 7.89. The smallest absolute Gasteiger partial charge is 0.240 e. The molecule has 2 N–H and O–H groups in total. The Kier molecular flexibility index (Phi) is 5.15. The van der Waals surface area contributed by atoms with Crippen LogP contribution in [0.15, 0.2) is 41.3 Å². The molecule has 0 amide bonds. The molecule has 21 heavy (non-hydrogen) atoms. The van der Waals surface area contributed by atoms with Gasteiger partial charge in [-0.15, -0.1) is 11.3 Å². The van der Waals surface area contributed by atoms with E-state index in [0.717, 1.165) is 15.3 Å². The number of hydrogen-bond acceptors (Lipinski definition) is 4. The van der Waals surface area contributed by atoms with Crippen LogP contribution in [-0.2, 0) is 16.6 Å². The van der Waals surface area contributed by atoms with Crippen LogP contribution in [0.3, 0.4) is 0 Å². The van der Waals surface area contributed by atoms with Gasteiger partial charge in [0, 0.05) is 11.4 Å². The molecule has 2 rings (SSSR count). The number of nitrogens with one attached hydrogen (secondary N) is 1. The minimum absolute atomic E-state index is 0.187. The van der Waals surface area contributed by atoms with Gasteiger partial charge in [-0.05, 0) is 36.8 Å². The second kappa shape index (κ2) is 6.87. The van der Waals surface area contributed by atoms with Crippen molar-refractivity contribution < 1.29 is 13.5 Å². The van der Waals surface area contributed by atoms with E-state index in [-0.39, 0.29) is 18.0 Å². The van der Waals surface area contributed by atoms with E-state index in [4.69, 9.17) is 5.11 Å². The summed E-state index contributed by atoms with van der Waals surface area (Å²) in [6.07, 6.45) is 0. The van der Waals surface area contributed by atoms with Crippen molar-refractivity contribution in [3.8, 4) is 11.8 Å². The molecule has 0 unspecified atom stereocenters. The van der Waals surface area contributed by atoms with Gasteiger partial charge < -0.3 is 5.11 Å². The average Bonchev–Trinajstić information content (AvgIpc) is 2.91. The highest BCUT2D eigenvalue weighted by Crippen LogP contribution is 2.17. The molecule has 0 bridgehead atoms. The summed E-state index contributed by atoms with van der Waals surface area (Å²) < 4.78 is 26.9. The van der Waals surface area contributed by atoms with Gasteiger partial charge in [0.25, 0.3) is 0 Å². The normalized spacial score (nSPS) is 11.0. The Balaban J connectivity index is 2.07. The molecule has 4 nitrogen and oxygen atoms in total. The zero-order valence-electron chi connectivity index (χ0n) is 11.5. The minimum Gasteiger partial charge on any atom is -0.384 e. The first-order chi connectivity index (χ1) is 10.0. The Morgan fingerprint density at radius 2 is 2.10 bits per heavy atom. The fourth-order valence-electron chi connectivity index (χ4n) is 1.70. The van der Waals surface area contributed by atoms with E-state index < -0.39 is 10.0 Å². The minimum atomic E-state index is -3.51. The summed E-state index contributed by atoms with van der Waals surface area (Å²) in [4.78, 5) is 1.93. The Bertz CT molecular complexity index is 782. The van der Waals surface area contributed by atoms with Gasteiger partial charge in [0.2, 0.25) is 10.0 Å². The molecule has 2 aromatic rings. The second-order valence-electron chi connectivity index (χ2n) is 4.37. The van der Waals surface area contributed by atoms with Gasteiger partial charge in [0.15, 0.2) is 0 Å². The van der Waals surface area contributed by atoms with E-state index in [0.29, 0.717) is 0 Å². The topological polar surface area (TPSA) is 66.4 Å². The monoisotopic (exact) mass is 321 g/mol. The van der Waals surface area contributed by atoms with Crippen LogP contribution < -0.4 is 4.72 Å². The quantitative estimate of drug-likeness (QED) is 0.845. The van der Waals surface area contributed by atoms with Gasteiger partial charge in [0.05, 0.1) is 9.77 Å². The summed E-state index contributed by atoms with van der Waals surface area (Å²) in [5.41, 5.74) is 0.899. The van der Waals surface area contributed by atoms with Gasteiger partial charge >= 0.3 is 0 Å². The Hall–Kier alpha value is -1.65. The van der Waals surface area contributed by atoms with Gasteiger partial charge in [-0.3, -0.25) is 0 Å². The number of aryl methyl sites for hydroxylation is 1. The van der Waals surface area contributed by atoms with Crippen molar-refractivity contribution in [2.75, 3.05) is 6.61 Å². The highest BCUT2D eigenvalue weighted by Gasteiger charge is 2.13. The average molecular weight is 321 g/mol. The van der Waals surface area contributed by atoms with Crippen molar-refractivity contribution in [1.29, 1.82) is 0 Å². The lowest BCUT2D eigenvalue weighted by atomic mass is 10.2. The van der Waals surface area contributed by atoms with E-state index in [1.54, 1.807) is 18.2 Å². The van der Waals surface area contributed by atoms with Gasteiger partial charge in [-0.2, -0.15) is 0 Å². The molecule has 0 radical (unpaired) electrons. The van der Waals surface area contributed by atoms with Crippen molar-refractivity contribution in [3.05, 3.63) is 51.7 Å². The van der Waals surface area contributed by atoms with Crippen molar-refractivity contribution in [3.63, 3.8) is 0 Å². The van der Waals surface area contributed by atoms with E-state index in [2.05, 4.69) is 16.6 Å². The third-order valence-electron chi connectivity index (χ3n) is 2.69. The molecule has 1 heterocycles. The maximum Gasteiger partial charge on any atom is 0.240 e. The molecule has 0 saturated heterocycles. The molecule has 110 valence electrons. The molecular formula is C15H15NO3S2. The molecule has 0 aliphatic carbocycles. The van der Waals surface area contributed by atoms with Crippen LogP contribution in [-0.4, -0.2) is 20.1 Å². The van der Waals surface area contributed by atoms with E-state index in [1.165, 1.54) is 11.3 Å². The SMILES string of the molecule is Cc1cccc(S(=O)(=O)NCc2ccc(C#CCO)s2)c1. The molecule has 6 heteroatoms. The molecule has 0 saturated carbocycles. The van der Waals surface area contributed by atoms with E-state index in [9.17, 15) is 8.42 Å². The molecule has 0 fully saturated rings. The molecule has 1 aromatic heterocycles. The summed E-state index contributed by atoms with van der Waals surface area (Å²) in [6, 6.07) is 10.4. The van der Waals surface area contributed by atoms with Gasteiger partial charge in [-0.1, -0.05) is 24.0 Å². The standard InChI is InChI=1S/C15H15NO3S2/c1-12-4-2-6-15(10-12)21(18,19)16-11-14-8-7-13(20-14)5-3-9-17/h2,4,6-8,10,16-17H,9,11H2,1H3. The molecule has 1 aromatic carbocycles. The molecule has 0 aliphatic heterocycles. The number of rotatable bonds is 4. The van der Waals surface area contributed by atoms with Gasteiger partial charge in [0.1, 0.15) is 6.61 Å². The van der Waals surface area contributed by atoms with Crippen LogP contribution in [0, 0.1) is 18.8 Å². The van der Waals surface area contributed by atoms with Crippen molar-refractivity contribution in [1.82, 2.24) is 4.72 Å². The van der Waals surface area contributed by atoms with E-state index >= 15 is 0 Å². The summed E-state index contributed by atoms with van der Waals surface area (Å²) in [7, 11) is -3.51. The van der Waals surface area contributed by atoms with Crippen molar-refractivity contribution >= 4 is 21.4 Å². The fourth-order valence-corrected chi connectivity index (χ4v) is 3.72. The Morgan fingerprint density at radius 3 is 2.81 bits per heavy atom. The summed E-state index contributed by atoms with van der Waals surface area (Å²) in [5, 5.41) is 8.63. The van der Waals surface area contributed by atoms with Gasteiger partial charge in [-0.25, -0.2) is 13.1 Å². The molecule has 0 atom stereocenters. The van der Waals surface area contributed by atoms with Crippen LogP contribution in [0.5, 0.6) is 0 Å². The third-order valence-corrected chi connectivity index (χ3v) is 5.09. The first-order valence-corrected chi connectivity index (χ1v) is 8.56. The number of thiophene rings is 1. The van der Waals surface area contributed by atoms with E-state index in [1.807, 2.05) is 25.1 Å². The number of aliphatic hydroxyl groups excluding tert-OH is 1. The third kappa shape index (κ3) is 4.41. The lowest BCUT2D eigenvalue weighted by molar-refractivity contribution is 0.350. The summed E-state index contributed by atoms with van der Waals surface area (Å²) >= 11 is 1.40. The Labute approximate surface area is 128 Å². The van der Waals surface area contributed by atoms with Crippen LogP contribution >= 0.6 is 11.3 Å². The lowest BCUT2D eigenvalue weighted by Gasteiger charge is -2.06. The first kappa shape index (κ1) is 15.7. The number of benzene rings is 1. The van der Waals surface area contributed by atoms with Crippen LogP contribution in [0.2, 0.25) is 0 Å². The van der Waals surface area contributed by atoms with Crippen LogP contribution in [0.4, 0.5) is 0 Å². The zero-order valence-corrected chi connectivity index (χ0v) is 13.1. The lowest BCUT2D eigenvalue weighted by Crippen LogP contribution is -2.22. The molecule has 0 aliphatic rings. The number of sulfonamides is 1. The summed E-state index contributed by atoms with van der Waals surface area (Å²) in [6.45, 7) is 1.89. The van der Waals surface area contributed by atoms with Crippen molar-refractivity contribution in [2.24, 2.45) is 0 Å². The predicted octanol–water partition coefficient (Wildman–Crippen LogP) is 1.88. The summed E-state index contributed by atoms with van der Waals surface area (Å²) in [5.74, 6) is 5.35. The first-order valence-electron chi connectivity index (χ1n) is 6.26. The number of hydrogen-bond donors (Lipinski definition) is 2. The molecular weight excluding hydrogens is 306 g/mol. The maximum atomic E-state index is 12.2. The van der Waals surface area contributed by atoms with Crippen LogP contribution in [0.25, 0.3) is 0 Å². The highest BCUT2D eigenvalue weighted by atomic mass is 32.2. The number of aliphatic hydroxyl groups is 1. The fraction of sp³-hybridized carbons (Fsp3) is 0.200. The van der Waals surface area contributed by atoms with Crippen molar-refractivity contribution in [2.45, 2.75) is 18.4 Å².